The second-order valence-corrected chi connectivity index (χ2v) is 6.36. The van der Waals surface area contributed by atoms with Gasteiger partial charge >= 0.3 is 5.97 Å². The maximum atomic E-state index is 12.1. The molecule has 0 amide bonds. The third kappa shape index (κ3) is 5.50. The lowest BCUT2D eigenvalue weighted by atomic mass is 10.3. The Hall–Kier alpha value is -1.35. The lowest BCUT2D eigenvalue weighted by Crippen LogP contribution is -2.30. The third-order valence-corrected chi connectivity index (χ3v) is 4.00. The molecule has 0 heterocycles. The maximum Gasteiger partial charge on any atom is 0.318 e. The molecule has 7 nitrogen and oxygen atoms in total. The van der Waals surface area contributed by atoms with Crippen LogP contribution in [0.5, 0.6) is 5.75 Å². The van der Waals surface area contributed by atoms with Crippen molar-refractivity contribution in [3.8, 4) is 5.75 Å². The molecular weight excluding hydrogens is 322 g/mol. The van der Waals surface area contributed by atoms with Gasteiger partial charge in [-0.2, -0.15) is 4.72 Å². The van der Waals surface area contributed by atoms with Crippen molar-refractivity contribution in [2.45, 2.75) is 17.9 Å². The summed E-state index contributed by atoms with van der Waals surface area (Å²) < 4.78 is 36.6. The van der Waals surface area contributed by atoms with Gasteiger partial charge in [0, 0.05) is 12.1 Å². The Balaban J connectivity index is 3.09. The van der Waals surface area contributed by atoms with E-state index in [-0.39, 0.29) is 28.4 Å². The Morgan fingerprint density at radius 3 is 2.71 bits per heavy atom. The monoisotopic (exact) mass is 337 g/mol. The number of halogens is 1. The first-order valence-corrected chi connectivity index (χ1v) is 7.79. The zero-order valence-corrected chi connectivity index (χ0v) is 13.1. The molecule has 0 radical (unpaired) electrons. The summed E-state index contributed by atoms with van der Waals surface area (Å²) >= 11 is 5.79. The van der Waals surface area contributed by atoms with E-state index in [0.717, 1.165) is 0 Å². The smallest absolute Gasteiger partial charge is 0.318 e. The number of rotatable bonds is 8. The average molecular weight is 338 g/mol. The minimum Gasteiger partial charge on any atom is -0.487 e. The molecule has 21 heavy (non-hydrogen) atoms. The number of benzene rings is 1. The van der Waals surface area contributed by atoms with Gasteiger partial charge in [-0.15, -0.1) is 0 Å². The van der Waals surface area contributed by atoms with Crippen molar-refractivity contribution in [2.24, 2.45) is 0 Å². The molecular formula is C12H16ClNO6S. The minimum absolute atomic E-state index is 0.0711. The number of hydrogen-bond donors (Lipinski definition) is 2. The highest BCUT2D eigenvalue weighted by molar-refractivity contribution is 7.89. The van der Waals surface area contributed by atoms with Gasteiger partial charge in [-0.05, 0) is 25.1 Å². The van der Waals surface area contributed by atoms with Crippen molar-refractivity contribution in [1.82, 2.24) is 4.72 Å². The average Bonchev–Trinajstić information content (AvgIpc) is 2.39. The third-order valence-electron chi connectivity index (χ3n) is 2.34. The Bertz CT molecular complexity index is 604. The fourth-order valence-corrected chi connectivity index (χ4v) is 2.88. The van der Waals surface area contributed by atoms with Crippen LogP contribution in [0.1, 0.15) is 6.92 Å². The Kier molecular flexibility index (Phi) is 6.41. The minimum atomic E-state index is -4.05. The molecule has 0 aliphatic rings. The summed E-state index contributed by atoms with van der Waals surface area (Å²) in [5.74, 6) is -1.22. The highest BCUT2D eigenvalue weighted by Crippen LogP contribution is 2.28. The van der Waals surface area contributed by atoms with Crippen LogP contribution in [0, 0.1) is 0 Å². The fraction of sp³-hybridized carbons (Fsp3) is 0.417. The first-order chi connectivity index (χ1) is 9.76. The van der Waals surface area contributed by atoms with E-state index in [0.29, 0.717) is 0 Å². The van der Waals surface area contributed by atoms with E-state index >= 15 is 0 Å². The summed E-state index contributed by atoms with van der Waals surface area (Å²) in [5.41, 5.74) is 0. The van der Waals surface area contributed by atoms with Crippen molar-refractivity contribution in [1.29, 1.82) is 0 Å². The first-order valence-electron chi connectivity index (χ1n) is 5.93. The normalized spacial score (nSPS) is 12.9. The number of nitrogens with one attached hydrogen (secondary N) is 1. The molecule has 0 aromatic heterocycles. The number of ether oxygens (including phenoxy) is 2. The van der Waals surface area contributed by atoms with Gasteiger partial charge in [0.05, 0.1) is 6.61 Å². The van der Waals surface area contributed by atoms with Crippen molar-refractivity contribution in [2.75, 3.05) is 20.3 Å². The van der Waals surface area contributed by atoms with E-state index in [4.69, 9.17) is 26.2 Å². The van der Waals surface area contributed by atoms with E-state index < -0.39 is 22.5 Å². The van der Waals surface area contributed by atoms with E-state index in [1.807, 2.05) is 4.72 Å². The zero-order chi connectivity index (χ0) is 16.0. The topological polar surface area (TPSA) is 102 Å². The van der Waals surface area contributed by atoms with Crippen LogP contribution in [0.25, 0.3) is 0 Å². The molecule has 1 atom stereocenters. The van der Waals surface area contributed by atoms with Gasteiger partial charge in [0.1, 0.15) is 23.3 Å². The number of carboxylic acids is 1. The zero-order valence-electron chi connectivity index (χ0n) is 11.5. The summed E-state index contributed by atoms with van der Waals surface area (Å²) in [6.07, 6.45) is -0.385. The van der Waals surface area contributed by atoms with Crippen LogP contribution in [0.4, 0.5) is 0 Å². The fourth-order valence-electron chi connectivity index (χ4n) is 1.51. The quantitative estimate of drug-likeness (QED) is 0.737. The van der Waals surface area contributed by atoms with Gasteiger partial charge < -0.3 is 14.6 Å². The largest absolute Gasteiger partial charge is 0.487 e. The van der Waals surface area contributed by atoms with Gasteiger partial charge in [0.15, 0.2) is 0 Å². The van der Waals surface area contributed by atoms with E-state index in [1.165, 1.54) is 25.3 Å². The van der Waals surface area contributed by atoms with E-state index in [1.54, 1.807) is 6.92 Å². The van der Waals surface area contributed by atoms with Crippen molar-refractivity contribution in [3.05, 3.63) is 23.2 Å². The van der Waals surface area contributed by atoms with Crippen LogP contribution in [-0.4, -0.2) is 45.9 Å². The van der Waals surface area contributed by atoms with Crippen LogP contribution in [0.2, 0.25) is 5.02 Å². The molecule has 0 bridgehead atoms. The van der Waals surface area contributed by atoms with Crippen LogP contribution in [0.15, 0.2) is 23.1 Å². The van der Waals surface area contributed by atoms with Crippen molar-refractivity contribution >= 4 is 27.6 Å². The molecule has 0 fully saturated rings. The molecule has 1 aromatic carbocycles. The molecule has 0 spiro atoms. The van der Waals surface area contributed by atoms with E-state index in [9.17, 15) is 13.2 Å². The summed E-state index contributed by atoms with van der Waals surface area (Å²) in [6.45, 7) is 1.24. The molecule has 0 aliphatic heterocycles. The van der Waals surface area contributed by atoms with Gasteiger partial charge in [-0.25, -0.2) is 8.42 Å². The lowest BCUT2D eigenvalue weighted by molar-refractivity contribution is -0.135. The number of carboxylic acid groups (broad SMARTS) is 1. The van der Waals surface area contributed by atoms with Gasteiger partial charge in [-0.1, -0.05) is 11.6 Å². The van der Waals surface area contributed by atoms with Crippen molar-refractivity contribution in [3.63, 3.8) is 0 Å². The highest BCUT2D eigenvalue weighted by Gasteiger charge is 2.22. The first kappa shape index (κ1) is 17.7. The number of carbonyl (C=O) groups is 1. The van der Waals surface area contributed by atoms with E-state index in [2.05, 4.69) is 0 Å². The molecule has 0 saturated carbocycles. The molecule has 118 valence electrons. The predicted octanol–water partition coefficient (Wildman–Crippen LogP) is 1.12. The SMILES string of the molecule is COCC(C)Oc1ccc(Cl)cc1S(=O)(=O)NCC(=O)O. The summed E-state index contributed by atoms with van der Waals surface area (Å²) in [7, 11) is -2.56. The van der Waals surface area contributed by atoms with Crippen molar-refractivity contribution < 1.29 is 27.8 Å². The molecule has 1 unspecified atom stereocenters. The molecule has 1 aromatic rings. The molecule has 0 aliphatic carbocycles. The number of aliphatic carboxylic acids is 1. The van der Waals surface area contributed by atoms with Gasteiger partial charge in [-0.3, -0.25) is 4.79 Å². The van der Waals surface area contributed by atoms with Crippen LogP contribution < -0.4 is 9.46 Å². The predicted molar refractivity (Wildman–Crippen MR) is 76.2 cm³/mol. The summed E-state index contributed by atoms with van der Waals surface area (Å²) in [5, 5.41) is 8.75. The van der Waals surface area contributed by atoms with Crippen LogP contribution in [0.3, 0.4) is 0 Å². The second kappa shape index (κ2) is 7.60. The van der Waals surface area contributed by atoms with Gasteiger partial charge in [0.25, 0.3) is 0 Å². The Labute approximate surface area is 127 Å². The van der Waals surface area contributed by atoms with Crippen LogP contribution >= 0.6 is 11.6 Å². The molecule has 2 N–H and O–H groups in total. The number of methoxy groups -OCH3 is 1. The summed E-state index contributed by atoms with van der Waals surface area (Å²) in [6, 6.07) is 4.08. The van der Waals surface area contributed by atoms with Gasteiger partial charge in [0.2, 0.25) is 10.0 Å². The molecule has 1 rings (SSSR count). The standard InChI is InChI=1S/C12H16ClNO6S/c1-8(7-19-2)20-10-4-3-9(13)5-11(10)21(17,18)14-6-12(15)16/h3-5,8,14H,6-7H2,1-2H3,(H,15,16). The second-order valence-electron chi connectivity index (χ2n) is 4.19. The highest BCUT2D eigenvalue weighted by atomic mass is 35.5. The summed E-state index contributed by atoms with van der Waals surface area (Å²) in [4.78, 5) is 10.3. The Morgan fingerprint density at radius 1 is 1.48 bits per heavy atom. The lowest BCUT2D eigenvalue weighted by Gasteiger charge is -2.17. The molecule has 0 saturated heterocycles. The maximum absolute atomic E-state index is 12.1. The molecule has 9 heteroatoms. The Morgan fingerprint density at radius 2 is 2.14 bits per heavy atom. The number of hydrogen-bond acceptors (Lipinski definition) is 5. The number of sulfonamides is 1. The van der Waals surface area contributed by atoms with Crippen LogP contribution in [-0.2, 0) is 19.6 Å².